The summed E-state index contributed by atoms with van der Waals surface area (Å²) in [5, 5.41) is 2.91. The van der Waals surface area contributed by atoms with Crippen LogP contribution in [0.3, 0.4) is 0 Å². The van der Waals surface area contributed by atoms with Crippen molar-refractivity contribution in [2.45, 2.75) is 59.8 Å². The zero-order valence-corrected chi connectivity index (χ0v) is 27.1. The third-order valence-corrected chi connectivity index (χ3v) is 9.44. The molecule has 4 rings (SSSR count). The molecule has 0 aliphatic rings. The Morgan fingerprint density at radius 3 is 2.16 bits per heavy atom. The summed E-state index contributed by atoms with van der Waals surface area (Å²) in [4.78, 5) is 26.9. The molecule has 1 atom stereocenters. The van der Waals surface area contributed by atoms with E-state index in [0.717, 1.165) is 28.2 Å². The molecular formula is C34H36FN3O5S2. The average molecular weight is 650 g/mol. The average Bonchev–Trinajstić information content (AvgIpc) is 2.98. The van der Waals surface area contributed by atoms with E-state index < -0.39 is 33.7 Å². The highest BCUT2D eigenvalue weighted by Crippen LogP contribution is 2.33. The van der Waals surface area contributed by atoms with Crippen LogP contribution in [-0.4, -0.2) is 33.4 Å². The second-order valence-corrected chi connectivity index (χ2v) is 14.3. The number of carbonyl (C=O) groups excluding carboxylic acids is 2. The van der Waals surface area contributed by atoms with Crippen molar-refractivity contribution in [1.82, 2.24) is 5.32 Å². The lowest BCUT2D eigenvalue weighted by atomic mass is 9.86. The summed E-state index contributed by atoms with van der Waals surface area (Å²) in [7, 11) is -2.58. The number of carbonyl (C=O) groups is 2. The summed E-state index contributed by atoms with van der Waals surface area (Å²) in [6.07, 6.45) is 0.224. The van der Waals surface area contributed by atoms with Crippen LogP contribution in [0, 0.1) is 5.82 Å². The van der Waals surface area contributed by atoms with Gasteiger partial charge in [-0.2, -0.15) is 0 Å². The Labute approximate surface area is 267 Å². The van der Waals surface area contributed by atoms with Gasteiger partial charge < -0.3 is 15.8 Å². The molecule has 0 saturated heterocycles. The summed E-state index contributed by atoms with van der Waals surface area (Å²) in [6.45, 7) is 6.34. The molecule has 0 aliphatic carbocycles. The number of rotatable bonds is 12. The highest BCUT2D eigenvalue weighted by atomic mass is 32.2. The molecule has 4 aromatic carbocycles. The van der Waals surface area contributed by atoms with E-state index in [0.29, 0.717) is 17.1 Å². The summed E-state index contributed by atoms with van der Waals surface area (Å²) >= 11 is 1.27. The molecule has 0 aromatic heterocycles. The first kappa shape index (κ1) is 33.5. The van der Waals surface area contributed by atoms with E-state index in [2.05, 4.69) is 30.8 Å². The van der Waals surface area contributed by atoms with Crippen LogP contribution in [0.25, 0.3) is 0 Å². The lowest BCUT2D eigenvalue weighted by molar-refractivity contribution is -0.118. The number of nitrogens with two attached hydrogens (primary N) is 1. The number of nitrogens with one attached hydrogen (secondary N) is 2. The van der Waals surface area contributed by atoms with Gasteiger partial charge in [0.15, 0.2) is 0 Å². The predicted octanol–water partition coefficient (Wildman–Crippen LogP) is 6.30. The Kier molecular flexibility index (Phi) is 10.6. The van der Waals surface area contributed by atoms with E-state index >= 15 is 0 Å². The van der Waals surface area contributed by atoms with Gasteiger partial charge >= 0.3 is 0 Å². The van der Waals surface area contributed by atoms with Crippen LogP contribution < -0.4 is 20.5 Å². The SMILES string of the molecule is COc1ccc(Sc2ccc(S(=O)(=O)Nc3ccc(F)cc3)cc2C(=O)N[C@@H](CC(N)=O)Cc2ccc(C(C)(C)C)cc2)cc1. The van der Waals surface area contributed by atoms with Crippen molar-refractivity contribution in [3.05, 3.63) is 114 Å². The minimum absolute atomic E-state index is 0.0335. The molecule has 8 nitrogen and oxygen atoms in total. The minimum atomic E-state index is -4.15. The Bertz CT molecular complexity index is 1750. The molecule has 0 saturated carbocycles. The fourth-order valence-electron chi connectivity index (χ4n) is 4.55. The quantitative estimate of drug-likeness (QED) is 0.165. The van der Waals surface area contributed by atoms with Crippen molar-refractivity contribution in [1.29, 1.82) is 0 Å². The number of hydrogen-bond donors (Lipinski definition) is 3. The van der Waals surface area contributed by atoms with Crippen LogP contribution in [0.1, 0.15) is 48.7 Å². The maximum Gasteiger partial charge on any atom is 0.261 e. The van der Waals surface area contributed by atoms with Gasteiger partial charge in [-0.1, -0.05) is 56.8 Å². The van der Waals surface area contributed by atoms with Crippen molar-refractivity contribution in [2.24, 2.45) is 5.73 Å². The topological polar surface area (TPSA) is 128 Å². The van der Waals surface area contributed by atoms with Crippen molar-refractivity contribution < 1.29 is 27.1 Å². The Balaban J connectivity index is 1.66. The summed E-state index contributed by atoms with van der Waals surface area (Å²) < 4.78 is 47.6. The van der Waals surface area contributed by atoms with Gasteiger partial charge in [0.05, 0.1) is 17.6 Å². The van der Waals surface area contributed by atoms with Crippen LogP contribution in [-0.2, 0) is 26.7 Å². The zero-order chi connectivity index (χ0) is 32.8. The first-order valence-corrected chi connectivity index (χ1v) is 16.5. The maximum absolute atomic E-state index is 13.8. The molecular weight excluding hydrogens is 614 g/mol. The smallest absolute Gasteiger partial charge is 0.261 e. The van der Waals surface area contributed by atoms with E-state index in [1.807, 2.05) is 36.4 Å². The van der Waals surface area contributed by atoms with E-state index in [1.165, 1.54) is 36.0 Å². The number of methoxy groups -OCH3 is 1. The zero-order valence-electron chi connectivity index (χ0n) is 25.5. The number of halogens is 1. The highest BCUT2D eigenvalue weighted by molar-refractivity contribution is 7.99. The van der Waals surface area contributed by atoms with Gasteiger partial charge in [0.1, 0.15) is 11.6 Å². The highest BCUT2D eigenvalue weighted by Gasteiger charge is 2.23. The van der Waals surface area contributed by atoms with E-state index in [9.17, 15) is 22.4 Å². The second kappa shape index (κ2) is 14.2. The number of benzene rings is 4. The molecule has 0 heterocycles. The van der Waals surface area contributed by atoms with Gasteiger partial charge in [0.25, 0.3) is 15.9 Å². The predicted molar refractivity (Wildman–Crippen MR) is 175 cm³/mol. The van der Waals surface area contributed by atoms with Gasteiger partial charge in [0, 0.05) is 27.9 Å². The van der Waals surface area contributed by atoms with Gasteiger partial charge in [-0.3, -0.25) is 14.3 Å². The molecule has 45 heavy (non-hydrogen) atoms. The monoisotopic (exact) mass is 649 g/mol. The number of primary amides is 1. The van der Waals surface area contributed by atoms with Crippen molar-refractivity contribution >= 4 is 39.3 Å². The molecule has 0 radical (unpaired) electrons. The van der Waals surface area contributed by atoms with Crippen molar-refractivity contribution in [3.63, 3.8) is 0 Å². The summed E-state index contributed by atoms with van der Waals surface area (Å²) in [5.74, 6) is -0.996. The minimum Gasteiger partial charge on any atom is -0.497 e. The normalized spacial score (nSPS) is 12.3. The van der Waals surface area contributed by atoms with Crippen LogP contribution in [0.2, 0.25) is 0 Å². The molecule has 11 heteroatoms. The third-order valence-electron chi connectivity index (χ3n) is 6.97. The second-order valence-electron chi connectivity index (χ2n) is 11.5. The van der Waals surface area contributed by atoms with E-state index in [1.54, 1.807) is 25.3 Å². The Hall–Kier alpha value is -4.35. The first-order valence-electron chi connectivity index (χ1n) is 14.2. The molecule has 236 valence electrons. The van der Waals surface area contributed by atoms with Gasteiger partial charge in [-0.05, 0) is 89.7 Å². The molecule has 4 N–H and O–H groups in total. The summed E-state index contributed by atoms with van der Waals surface area (Å²) in [5.41, 5.74) is 7.82. The Morgan fingerprint density at radius 1 is 0.933 bits per heavy atom. The fraction of sp³-hybridized carbons (Fsp3) is 0.235. The molecule has 0 fully saturated rings. The first-order chi connectivity index (χ1) is 21.2. The number of anilines is 1. The Morgan fingerprint density at radius 2 is 1.58 bits per heavy atom. The third kappa shape index (κ3) is 9.32. The largest absolute Gasteiger partial charge is 0.497 e. The van der Waals surface area contributed by atoms with E-state index in [4.69, 9.17) is 10.5 Å². The lowest BCUT2D eigenvalue weighted by Gasteiger charge is -2.21. The maximum atomic E-state index is 13.8. The number of ether oxygens (including phenoxy) is 1. The molecule has 4 aromatic rings. The molecule has 2 amide bonds. The van der Waals surface area contributed by atoms with E-state index in [-0.39, 0.29) is 28.0 Å². The molecule has 0 bridgehead atoms. The van der Waals surface area contributed by atoms with Gasteiger partial charge in [-0.25, -0.2) is 12.8 Å². The number of sulfonamides is 1. The van der Waals surface area contributed by atoms with Crippen LogP contribution in [0.15, 0.2) is 106 Å². The number of amides is 2. The molecule has 0 unspecified atom stereocenters. The summed E-state index contributed by atoms with van der Waals surface area (Å²) in [6, 6.07) is 23.6. The molecule has 0 aliphatic heterocycles. The van der Waals surface area contributed by atoms with Gasteiger partial charge in [0.2, 0.25) is 5.91 Å². The standard InChI is InChI=1S/C34H36FN3O5S2/c1-34(2,3)23-7-5-22(6-8-23)19-26(20-32(36)39)37-33(40)30-21-29(45(41,42)38-25-11-9-24(35)10-12-25)17-18-31(30)44-28-15-13-27(43-4)14-16-28/h5-18,21,26,38H,19-20H2,1-4H3,(H2,36,39)(H,37,40)/t26-/m1/s1. The lowest BCUT2D eigenvalue weighted by Crippen LogP contribution is -2.39. The molecule has 0 spiro atoms. The van der Waals surface area contributed by atoms with Crippen LogP contribution >= 0.6 is 11.8 Å². The van der Waals surface area contributed by atoms with Crippen molar-refractivity contribution in [3.8, 4) is 5.75 Å². The number of hydrogen-bond acceptors (Lipinski definition) is 6. The van der Waals surface area contributed by atoms with Gasteiger partial charge in [-0.15, -0.1) is 0 Å². The van der Waals surface area contributed by atoms with Crippen LogP contribution in [0.5, 0.6) is 5.75 Å². The van der Waals surface area contributed by atoms with Crippen LogP contribution in [0.4, 0.5) is 10.1 Å². The fourth-order valence-corrected chi connectivity index (χ4v) is 6.56. The van der Waals surface area contributed by atoms with Crippen molar-refractivity contribution in [2.75, 3.05) is 11.8 Å².